The molecule has 0 fully saturated rings. The third kappa shape index (κ3) is 3.48. The number of thiazole rings is 1. The van der Waals surface area contributed by atoms with Gasteiger partial charge in [-0.1, -0.05) is 12.1 Å². The van der Waals surface area contributed by atoms with Gasteiger partial charge in [0.25, 0.3) is 5.91 Å². The Kier molecular flexibility index (Phi) is 5.38. The van der Waals surface area contributed by atoms with E-state index in [-0.39, 0.29) is 5.91 Å². The number of carbonyl (C=O) groups excluding carboxylic acids is 1. The van der Waals surface area contributed by atoms with Crippen LogP contribution in [0.4, 0.5) is 5.69 Å². The maximum Gasteiger partial charge on any atom is 0.259 e. The van der Waals surface area contributed by atoms with E-state index in [0.29, 0.717) is 28.5 Å². The first kappa shape index (κ1) is 17.8. The molecule has 0 unspecified atom stereocenters. The molecule has 0 bridgehead atoms. The average molecular weight is 370 g/mol. The Bertz CT molecular complexity index is 910. The lowest BCUT2D eigenvalue weighted by atomic mass is 10.1. The maximum atomic E-state index is 12.8. The summed E-state index contributed by atoms with van der Waals surface area (Å²) in [6, 6.07) is 10.8. The van der Waals surface area contributed by atoms with Gasteiger partial charge in [0.2, 0.25) is 5.75 Å². The third-order valence-electron chi connectivity index (χ3n) is 3.75. The molecule has 2 aromatic carbocycles. The Morgan fingerprint density at radius 2 is 1.85 bits per heavy atom. The highest BCUT2D eigenvalue weighted by atomic mass is 32.1. The molecule has 1 heterocycles. The number of ether oxygens (including phenoxy) is 3. The molecule has 1 N–H and O–H groups in total. The molecule has 0 spiro atoms. The number of aromatic nitrogens is 1. The van der Waals surface area contributed by atoms with Gasteiger partial charge in [-0.2, -0.15) is 0 Å². The second-order valence-electron chi connectivity index (χ2n) is 5.25. The van der Waals surface area contributed by atoms with Crippen molar-refractivity contribution in [3.8, 4) is 27.8 Å². The number of rotatable bonds is 6. The molecule has 3 aromatic rings. The fourth-order valence-corrected chi connectivity index (χ4v) is 3.21. The Hall–Kier alpha value is -3.06. The summed E-state index contributed by atoms with van der Waals surface area (Å²) in [7, 11) is 4.51. The number of anilines is 1. The molecule has 0 atom stereocenters. The molecule has 0 saturated carbocycles. The van der Waals surface area contributed by atoms with Crippen LogP contribution in [0.25, 0.3) is 10.6 Å². The first-order valence-corrected chi connectivity index (χ1v) is 8.66. The number of carbonyl (C=O) groups is 1. The monoisotopic (exact) mass is 370 g/mol. The highest BCUT2D eigenvalue weighted by molar-refractivity contribution is 7.13. The van der Waals surface area contributed by atoms with Crippen LogP contribution in [0.15, 0.2) is 48.0 Å². The highest BCUT2D eigenvalue weighted by Crippen LogP contribution is 2.40. The first-order chi connectivity index (χ1) is 12.7. The predicted octanol–water partition coefficient (Wildman–Crippen LogP) is 4.09. The maximum absolute atomic E-state index is 12.8. The van der Waals surface area contributed by atoms with Gasteiger partial charge in [0.05, 0.1) is 26.9 Å². The zero-order valence-electron chi connectivity index (χ0n) is 14.6. The highest BCUT2D eigenvalue weighted by Gasteiger charge is 2.20. The summed E-state index contributed by atoms with van der Waals surface area (Å²) in [5, 5.41) is 5.69. The van der Waals surface area contributed by atoms with Crippen molar-refractivity contribution in [1.82, 2.24) is 4.98 Å². The quantitative estimate of drug-likeness (QED) is 0.708. The smallest absolute Gasteiger partial charge is 0.259 e. The van der Waals surface area contributed by atoms with E-state index in [0.717, 1.165) is 10.6 Å². The Balaban J connectivity index is 1.90. The number of hydrogen-bond donors (Lipinski definition) is 1. The molecule has 0 aliphatic carbocycles. The van der Waals surface area contributed by atoms with E-state index in [1.165, 1.54) is 21.3 Å². The van der Waals surface area contributed by atoms with Crippen molar-refractivity contribution >= 4 is 22.9 Å². The number of methoxy groups -OCH3 is 3. The van der Waals surface area contributed by atoms with Crippen molar-refractivity contribution in [3.63, 3.8) is 0 Å². The largest absolute Gasteiger partial charge is 0.493 e. The first-order valence-electron chi connectivity index (χ1n) is 7.78. The van der Waals surface area contributed by atoms with E-state index in [1.54, 1.807) is 29.7 Å². The average Bonchev–Trinajstić information content (AvgIpc) is 3.21. The lowest BCUT2D eigenvalue weighted by Gasteiger charge is -2.15. The number of benzene rings is 2. The van der Waals surface area contributed by atoms with Crippen molar-refractivity contribution in [1.29, 1.82) is 0 Å². The summed E-state index contributed by atoms with van der Waals surface area (Å²) in [5.74, 6) is 0.880. The van der Waals surface area contributed by atoms with Gasteiger partial charge in [-0.25, -0.2) is 4.98 Å². The number of nitrogens with zero attached hydrogens (tertiary/aromatic N) is 1. The van der Waals surface area contributed by atoms with Gasteiger partial charge >= 0.3 is 0 Å². The van der Waals surface area contributed by atoms with E-state index < -0.39 is 0 Å². The van der Waals surface area contributed by atoms with Crippen LogP contribution in [-0.4, -0.2) is 32.2 Å². The fraction of sp³-hybridized carbons (Fsp3) is 0.158. The van der Waals surface area contributed by atoms with Gasteiger partial charge in [-0.3, -0.25) is 4.79 Å². The molecule has 0 radical (unpaired) electrons. The summed E-state index contributed by atoms with van der Waals surface area (Å²) in [4.78, 5) is 17.0. The van der Waals surface area contributed by atoms with Crippen molar-refractivity contribution in [2.45, 2.75) is 0 Å². The van der Waals surface area contributed by atoms with Crippen LogP contribution in [-0.2, 0) is 0 Å². The van der Waals surface area contributed by atoms with Crippen LogP contribution >= 0.6 is 11.3 Å². The summed E-state index contributed by atoms with van der Waals surface area (Å²) >= 11 is 1.54. The normalized spacial score (nSPS) is 10.3. The molecular weight excluding hydrogens is 352 g/mol. The van der Waals surface area contributed by atoms with E-state index in [2.05, 4.69) is 10.3 Å². The van der Waals surface area contributed by atoms with Gasteiger partial charge in [0.15, 0.2) is 11.5 Å². The van der Waals surface area contributed by atoms with Gasteiger partial charge < -0.3 is 19.5 Å². The second kappa shape index (κ2) is 7.88. The molecule has 0 saturated heterocycles. The van der Waals surface area contributed by atoms with Crippen LogP contribution in [0.5, 0.6) is 17.2 Å². The van der Waals surface area contributed by atoms with Crippen LogP contribution < -0.4 is 19.5 Å². The summed E-state index contributed by atoms with van der Waals surface area (Å²) in [5.41, 5.74) is 1.96. The zero-order chi connectivity index (χ0) is 18.5. The summed E-state index contributed by atoms with van der Waals surface area (Å²) < 4.78 is 16.0. The van der Waals surface area contributed by atoms with E-state index in [9.17, 15) is 4.79 Å². The molecule has 6 nitrogen and oxygen atoms in total. The summed E-state index contributed by atoms with van der Waals surface area (Å²) in [6.45, 7) is 0. The number of amides is 1. The SMILES string of the molecule is COc1ccc(C(=O)Nc2cccc(-c3nccs3)c2)c(OC)c1OC. The molecule has 134 valence electrons. The lowest BCUT2D eigenvalue weighted by Crippen LogP contribution is -2.14. The van der Waals surface area contributed by atoms with Gasteiger partial charge in [0.1, 0.15) is 5.01 Å². The zero-order valence-corrected chi connectivity index (χ0v) is 15.4. The van der Waals surface area contributed by atoms with Crippen molar-refractivity contribution in [2.75, 3.05) is 26.6 Å². The van der Waals surface area contributed by atoms with E-state index in [4.69, 9.17) is 14.2 Å². The number of nitrogens with one attached hydrogen (secondary N) is 1. The molecular formula is C19H18N2O4S. The van der Waals surface area contributed by atoms with Crippen molar-refractivity contribution in [3.05, 3.63) is 53.5 Å². The minimum atomic E-state index is -0.306. The van der Waals surface area contributed by atoms with E-state index in [1.807, 2.05) is 29.6 Å². The van der Waals surface area contributed by atoms with E-state index >= 15 is 0 Å². The lowest BCUT2D eigenvalue weighted by molar-refractivity contribution is 0.102. The fourth-order valence-electron chi connectivity index (χ4n) is 2.57. The molecule has 3 rings (SSSR count). The number of hydrogen-bond acceptors (Lipinski definition) is 6. The molecule has 26 heavy (non-hydrogen) atoms. The molecule has 1 aromatic heterocycles. The third-order valence-corrected chi connectivity index (χ3v) is 4.57. The molecule has 0 aliphatic heterocycles. The van der Waals surface area contributed by atoms with Gasteiger partial charge in [-0.15, -0.1) is 11.3 Å². The molecule has 7 heteroatoms. The van der Waals surface area contributed by atoms with Crippen molar-refractivity contribution in [2.24, 2.45) is 0 Å². The van der Waals surface area contributed by atoms with Crippen molar-refractivity contribution < 1.29 is 19.0 Å². The topological polar surface area (TPSA) is 69.7 Å². The van der Waals surface area contributed by atoms with Crippen LogP contribution in [0.2, 0.25) is 0 Å². The van der Waals surface area contributed by atoms with Gasteiger partial charge in [0, 0.05) is 22.8 Å². The summed E-state index contributed by atoms with van der Waals surface area (Å²) in [6.07, 6.45) is 1.75. The second-order valence-corrected chi connectivity index (χ2v) is 6.15. The van der Waals surface area contributed by atoms with Gasteiger partial charge in [-0.05, 0) is 24.3 Å². The standard InChI is InChI=1S/C19H18N2O4S/c1-23-15-8-7-14(16(24-2)17(15)25-3)18(22)21-13-6-4-5-12(11-13)19-20-9-10-26-19/h4-11H,1-3H3,(H,21,22). The minimum absolute atomic E-state index is 0.306. The van der Waals surface area contributed by atoms with Crippen LogP contribution in [0.3, 0.4) is 0 Å². The van der Waals surface area contributed by atoms with Crippen LogP contribution in [0, 0.1) is 0 Å². The Labute approximate surface area is 155 Å². The minimum Gasteiger partial charge on any atom is -0.493 e. The molecule has 0 aliphatic rings. The Morgan fingerprint density at radius 1 is 1.04 bits per heavy atom. The Morgan fingerprint density at radius 3 is 2.50 bits per heavy atom. The van der Waals surface area contributed by atoms with Crippen LogP contribution in [0.1, 0.15) is 10.4 Å². The predicted molar refractivity (Wildman–Crippen MR) is 102 cm³/mol. The molecule has 1 amide bonds.